The summed E-state index contributed by atoms with van der Waals surface area (Å²) in [7, 11) is 0. The van der Waals surface area contributed by atoms with Crippen molar-refractivity contribution in [2.75, 3.05) is 6.54 Å². The van der Waals surface area contributed by atoms with Crippen LogP contribution < -0.4 is 5.32 Å². The van der Waals surface area contributed by atoms with E-state index < -0.39 is 0 Å². The second-order valence-electron chi connectivity index (χ2n) is 2.55. The topological polar surface area (TPSA) is 35.8 Å². The summed E-state index contributed by atoms with van der Waals surface area (Å²) in [5, 5.41) is 11.9. The zero-order chi connectivity index (χ0) is 8.81. The second kappa shape index (κ2) is 4.53. The zero-order valence-corrected chi connectivity index (χ0v) is 7.17. The average Bonchev–Trinajstić information content (AvgIpc) is 2.15. The van der Waals surface area contributed by atoms with E-state index in [9.17, 15) is 0 Å². The number of nitrogens with one attached hydrogen (secondary N) is 1. The molecule has 0 atom stereocenters. The van der Waals surface area contributed by atoms with Gasteiger partial charge in [0.05, 0.1) is 11.6 Å². The van der Waals surface area contributed by atoms with Crippen molar-refractivity contribution in [1.29, 1.82) is 5.26 Å². The van der Waals surface area contributed by atoms with Crippen LogP contribution in [-0.4, -0.2) is 6.54 Å². The van der Waals surface area contributed by atoms with E-state index in [1.807, 2.05) is 24.3 Å². The minimum atomic E-state index is 0.762. The first-order valence-corrected chi connectivity index (χ1v) is 4.07. The van der Waals surface area contributed by atoms with Crippen molar-refractivity contribution in [3.05, 3.63) is 35.4 Å². The second-order valence-corrected chi connectivity index (χ2v) is 2.55. The quantitative estimate of drug-likeness (QED) is 0.730. The number of nitrogens with zero attached hydrogens (tertiary/aromatic N) is 1. The molecule has 0 heterocycles. The van der Waals surface area contributed by atoms with E-state index in [1.165, 1.54) is 0 Å². The molecule has 62 valence electrons. The molecule has 0 radical (unpaired) electrons. The molecule has 0 aliphatic rings. The van der Waals surface area contributed by atoms with Gasteiger partial charge in [-0.25, -0.2) is 0 Å². The van der Waals surface area contributed by atoms with Crippen molar-refractivity contribution in [2.24, 2.45) is 0 Å². The lowest BCUT2D eigenvalue weighted by Gasteiger charge is -2.02. The van der Waals surface area contributed by atoms with E-state index in [1.54, 1.807) is 0 Å². The van der Waals surface area contributed by atoms with Crippen LogP contribution in [0, 0.1) is 11.3 Å². The van der Waals surface area contributed by atoms with Gasteiger partial charge in [0.15, 0.2) is 0 Å². The molecule has 0 aliphatic heterocycles. The minimum Gasteiger partial charge on any atom is -0.313 e. The van der Waals surface area contributed by atoms with Crippen molar-refractivity contribution >= 4 is 0 Å². The first-order valence-electron chi connectivity index (χ1n) is 4.07. The fourth-order valence-electron chi connectivity index (χ4n) is 1.04. The van der Waals surface area contributed by atoms with Gasteiger partial charge < -0.3 is 5.32 Å². The molecule has 0 aliphatic carbocycles. The highest BCUT2D eigenvalue weighted by Gasteiger charge is 1.97. The third-order valence-electron chi connectivity index (χ3n) is 1.70. The van der Waals surface area contributed by atoms with Crippen LogP contribution in [0.5, 0.6) is 0 Å². The van der Waals surface area contributed by atoms with E-state index in [2.05, 4.69) is 18.3 Å². The highest BCUT2D eigenvalue weighted by molar-refractivity contribution is 5.37. The Bertz CT molecular complexity index is 286. The number of hydrogen-bond donors (Lipinski definition) is 1. The van der Waals surface area contributed by atoms with Crippen LogP contribution in [0.2, 0.25) is 0 Å². The summed E-state index contributed by atoms with van der Waals surface area (Å²) in [5.74, 6) is 0. The molecule has 0 spiro atoms. The van der Waals surface area contributed by atoms with Crippen molar-refractivity contribution < 1.29 is 0 Å². The van der Waals surface area contributed by atoms with Crippen molar-refractivity contribution in [1.82, 2.24) is 5.32 Å². The molecule has 0 unspecified atom stereocenters. The maximum Gasteiger partial charge on any atom is 0.0995 e. The largest absolute Gasteiger partial charge is 0.313 e. The summed E-state index contributed by atoms with van der Waals surface area (Å²) < 4.78 is 0. The van der Waals surface area contributed by atoms with Crippen LogP contribution in [-0.2, 0) is 6.54 Å². The molecule has 0 fully saturated rings. The molecular formula is C10H12N2. The fourth-order valence-corrected chi connectivity index (χ4v) is 1.04. The third-order valence-corrected chi connectivity index (χ3v) is 1.70. The van der Waals surface area contributed by atoms with Gasteiger partial charge in [-0.3, -0.25) is 0 Å². The van der Waals surface area contributed by atoms with Gasteiger partial charge in [-0.15, -0.1) is 0 Å². The summed E-state index contributed by atoms with van der Waals surface area (Å²) >= 11 is 0. The fraction of sp³-hybridized carbons (Fsp3) is 0.300. The number of benzene rings is 1. The van der Waals surface area contributed by atoms with Crippen LogP contribution in [0.3, 0.4) is 0 Å². The van der Waals surface area contributed by atoms with Gasteiger partial charge in [0, 0.05) is 6.54 Å². The molecule has 1 rings (SSSR count). The molecule has 0 amide bonds. The zero-order valence-electron chi connectivity index (χ0n) is 7.17. The Morgan fingerprint density at radius 1 is 1.42 bits per heavy atom. The monoisotopic (exact) mass is 160 g/mol. The van der Waals surface area contributed by atoms with E-state index >= 15 is 0 Å². The third kappa shape index (κ3) is 2.08. The van der Waals surface area contributed by atoms with E-state index in [0.29, 0.717) is 0 Å². The Morgan fingerprint density at radius 2 is 2.17 bits per heavy atom. The maximum absolute atomic E-state index is 8.74. The molecule has 2 nitrogen and oxygen atoms in total. The Morgan fingerprint density at radius 3 is 2.83 bits per heavy atom. The van der Waals surface area contributed by atoms with Gasteiger partial charge in [-0.2, -0.15) is 5.26 Å². The molecule has 0 aromatic heterocycles. The van der Waals surface area contributed by atoms with E-state index in [4.69, 9.17) is 5.26 Å². The Kier molecular flexibility index (Phi) is 3.31. The molecule has 12 heavy (non-hydrogen) atoms. The lowest BCUT2D eigenvalue weighted by molar-refractivity contribution is 0.725. The smallest absolute Gasteiger partial charge is 0.0995 e. The van der Waals surface area contributed by atoms with Crippen LogP contribution in [0.25, 0.3) is 0 Å². The maximum atomic E-state index is 8.74. The first kappa shape index (κ1) is 8.76. The molecule has 1 N–H and O–H groups in total. The molecule has 0 saturated carbocycles. The van der Waals surface area contributed by atoms with Gasteiger partial charge >= 0.3 is 0 Å². The van der Waals surface area contributed by atoms with E-state index in [0.717, 1.165) is 24.2 Å². The summed E-state index contributed by atoms with van der Waals surface area (Å²) in [6.45, 7) is 3.76. The molecule has 1 aromatic rings. The van der Waals surface area contributed by atoms with Crippen molar-refractivity contribution in [3.63, 3.8) is 0 Å². The number of hydrogen-bond acceptors (Lipinski definition) is 2. The minimum absolute atomic E-state index is 0.762. The SMILES string of the molecule is CCNCc1ccccc1C#N. The van der Waals surface area contributed by atoms with Crippen LogP contribution in [0.4, 0.5) is 0 Å². The van der Waals surface area contributed by atoms with Gasteiger partial charge in [0.1, 0.15) is 0 Å². The predicted octanol–water partition coefficient (Wildman–Crippen LogP) is 1.67. The molecule has 0 bridgehead atoms. The van der Waals surface area contributed by atoms with Gasteiger partial charge in [-0.1, -0.05) is 25.1 Å². The normalized spacial score (nSPS) is 9.33. The highest BCUT2D eigenvalue weighted by Crippen LogP contribution is 2.05. The lowest BCUT2D eigenvalue weighted by atomic mass is 10.1. The van der Waals surface area contributed by atoms with Gasteiger partial charge in [0.25, 0.3) is 0 Å². The average molecular weight is 160 g/mol. The van der Waals surface area contributed by atoms with Gasteiger partial charge in [-0.05, 0) is 18.2 Å². The summed E-state index contributed by atoms with van der Waals surface area (Å²) in [6.07, 6.45) is 0. The molecule has 0 saturated heterocycles. The Labute approximate surface area is 72.8 Å². The number of nitriles is 1. The number of rotatable bonds is 3. The molecule has 1 aromatic carbocycles. The standard InChI is InChI=1S/C10H12N2/c1-2-12-8-10-6-4-3-5-9(10)7-11/h3-6,12H,2,8H2,1H3. The predicted molar refractivity (Wildman–Crippen MR) is 48.5 cm³/mol. The van der Waals surface area contributed by atoms with Crippen LogP contribution in [0.1, 0.15) is 18.1 Å². The van der Waals surface area contributed by atoms with Crippen molar-refractivity contribution in [3.8, 4) is 6.07 Å². The highest BCUT2D eigenvalue weighted by atomic mass is 14.8. The van der Waals surface area contributed by atoms with E-state index in [-0.39, 0.29) is 0 Å². The van der Waals surface area contributed by atoms with Crippen LogP contribution in [0.15, 0.2) is 24.3 Å². The van der Waals surface area contributed by atoms with Crippen LogP contribution >= 0.6 is 0 Å². The molecule has 2 heteroatoms. The Hall–Kier alpha value is -1.33. The summed E-state index contributed by atoms with van der Waals surface area (Å²) in [6, 6.07) is 9.81. The lowest BCUT2D eigenvalue weighted by Crippen LogP contribution is -2.12. The first-order chi connectivity index (χ1) is 5.88. The summed E-state index contributed by atoms with van der Waals surface area (Å²) in [4.78, 5) is 0. The summed E-state index contributed by atoms with van der Waals surface area (Å²) in [5.41, 5.74) is 1.83. The van der Waals surface area contributed by atoms with Crippen molar-refractivity contribution in [2.45, 2.75) is 13.5 Å². The van der Waals surface area contributed by atoms with Gasteiger partial charge in [0.2, 0.25) is 0 Å². The Balaban J connectivity index is 2.77. The molecular weight excluding hydrogens is 148 g/mol.